The third-order valence-electron chi connectivity index (χ3n) is 7.14. The number of hydrogen-bond donors (Lipinski definition) is 0. The van der Waals surface area contributed by atoms with Gasteiger partial charge in [0, 0.05) is 0 Å². The fourth-order valence-corrected chi connectivity index (χ4v) is 5.14. The first kappa shape index (κ1) is 21.4. The Bertz CT molecular complexity index is 971. The van der Waals surface area contributed by atoms with E-state index in [-0.39, 0.29) is 0 Å². The maximum Gasteiger partial charge on any atom is 0.0991 e. The van der Waals surface area contributed by atoms with Gasteiger partial charge >= 0.3 is 0 Å². The molecule has 31 heavy (non-hydrogen) atoms. The van der Waals surface area contributed by atoms with Gasteiger partial charge in [-0.1, -0.05) is 73.7 Å². The van der Waals surface area contributed by atoms with E-state index >= 15 is 0 Å². The zero-order valence-corrected chi connectivity index (χ0v) is 18.6. The average Bonchev–Trinajstić information content (AvgIpc) is 2.84. The molecule has 1 heteroatoms. The van der Waals surface area contributed by atoms with Gasteiger partial charge in [0.15, 0.2) is 0 Å². The van der Waals surface area contributed by atoms with Crippen LogP contribution in [-0.4, -0.2) is 0 Å². The number of hydrogen-bond acceptors (Lipinski definition) is 1. The molecule has 0 spiro atoms. The largest absolute Gasteiger partial charge is 0.192 e. The maximum atomic E-state index is 8.92. The normalized spacial score (nSPS) is 19.5. The number of nitriles is 1. The van der Waals surface area contributed by atoms with Crippen LogP contribution in [-0.2, 0) is 12.8 Å². The van der Waals surface area contributed by atoms with Crippen LogP contribution in [0.3, 0.4) is 0 Å². The summed E-state index contributed by atoms with van der Waals surface area (Å²) in [6.45, 7) is 2.39. The first-order valence-corrected chi connectivity index (χ1v) is 11.8. The Hall–Kier alpha value is -2.85. The van der Waals surface area contributed by atoms with Crippen LogP contribution in [0.2, 0.25) is 0 Å². The molecule has 1 unspecified atom stereocenters. The van der Waals surface area contributed by atoms with Crippen molar-refractivity contribution in [1.29, 1.82) is 5.26 Å². The summed E-state index contributed by atoms with van der Waals surface area (Å²) in [4.78, 5) is 0. The van der Waals surface area contributed by atoms with E-state index in [1.54, 1.807) is 0 Å². The van der Waals surface area contributed by atoms with E-state index in [1.807, 2.05) is 12.1 Å². The minimum Gasteiger partial charge on any atom is -0.192 e. The van der Waals surface area contributed by atoms with Crippen molar-refractivity contribution in [2.24, 2.45) is 5.92 Å². The van der Waals surface area contributed by atoms with Crippen molar-refractivity contribution in [1.82, 2.24) is 0 Å². The van der Waals surface area contributed by atoms with Gasteiger partial charge < -0.3 is 0 Å². The smallest absolute Gasteiger partial charge is 0.0991 e. The highest BCUT2D eigenvalue weighted by Crippen LogP contribution is 2.39. The van der Waals surface area contributed by atoms with Crippen molar-refractivity contribution in [2.75, 3.05) is 0 Å². The van der Waals surface area contributed by atoms with Crippen LogP contribution >= 0.6 is 0 Å². The molecule has 0 aliphatic heterocycles. The molecule has 158 valence electrons. The molecule has 1 atom stereocenters. The molecule has 3 aromatic rings. The number of aryl methyl sites for hydroxylation is 2. The summed E-state index contributed by atoms with van der Waals surface area (Å²) in [5, 5.41) is 8.92. The molecule has 1 nitrogen and oxygen atoms in total. The molecule has 0 N–H and O–H groups in total. The van der Waals surface area contributed by atoms with Crippen molar-refractivity contribution < 1.29 is 0 Å². The third-order valence-corrected chi connectivity index (χ3v) is 7.14. The Balaban J connectivity index is 1.24. The molecule has 0 aromatic heterocycles. The van der Waals surface area contributed by atoms with Crippen molar-refractivity contribution >= 4 is 0 Å². The number of benzene rings is 3. The molecule has 0 bridgehead atoms. The fourth-order valence-electron chi connectivity index (χ4n) is 5.14. The second-order valence-corrected chi connectivity index (χ2v) is 9.32. The van der Waals surface area contributed by atoms with Crippen molar-refractivity contribution in [2.45, 2.75) is 63.7 Å². The Labute approximate surface area is 187 Å². The zero-order chi connectivity index (χ0) is 21.5. The summed E-state index contributed by atoms with van der Waals surface area (Å²) in [5.74, 6) is 2.27. The molecule has 1 aliphatic rings. The molecule has 1 aliphatic carbocycles. The van der Waals surface area contributed by atoms with Gasteiger partial charge in [-0.3, -0.25) is 0 Å². The van der Waals surface area contributed by atoms with E-state index in [4.69, 9.17) is 5.26 Å². The Kier molecular flexibility index (Phi) is 7.21. The summed E-state index contributed by atoms with van der Waals surface area (Å²) in [7, 11) is 0. The van der Waals surface area contributed by atoms with E-state index in [0.29, 0.717) is 5.92 Å². The van der Waals surface area contributed by atoms with Crippen molar-refractivity contribution in [3.8, 4) is 6.07 Å². The van der Waals surface area contributed by atoms with E-state index in [9.17, 15) is 0 Å². The SMILES string of the molecule is CC(CC1CCC(c2ccc(CCc3ccc(C#N)cc3)cc2)CC1)c1ccccc1. The first-order valence-electron chi connectivity index (χ1n) is 11.8. The van der Waals surface area contributed by atoms with Crippen LogP contribution in [0.4, 0.5) is 0 Å². The lowest BCUT2D eigenvalue weighted by molar-refractivity contribution is 0.297. The van der Waals surface area contributed by atoms with Crippen LogP contribution in [0.5, 0.6) is 0 Å². The fraction of sp³-hybridized carbons (Fsp3) is 0.367. The highest BCUT2D eigenvalue weighted by Gasteiger charge is 2.24. The summed E-state index contributed by atoms with van der Waals surface area (Å²) in [6, 6.07) is 30.5. The Morgan fingerprint density at radius 3 is 1.94 bits per heavy atom. The number of nitrogens with zero attached hydrogens (tertiary/aromatic N) is 1. The molecule has 4 rings (SSSR count). The molecule has 0 saturated heterocycles. The van der Waals surface area contributed by atoms with Crippen LogP contribution in [0, 0.1) is 17.2 Å². The predicted octanol–water partition coefficient (Wildman–Crippen LogP) is 7.81. The second kappa shape index (κ2) is 10.5. The maximum absolute atomic E-state index is 8.92. The van der Waals surface area contributed by atoms with E-state index in [0.717, 1.165) is 30.2 Å². The molecular formula is C30H33N. The number of rotatable bonds is 7. The summed E-state index contributed by atoms with van der Waals surface area (Å²) < 4.78 is 0. The molecule has 1 fully saturated rings. The third kappa shape index (κ3) is 5.86. The van der Waals surface area contributed by atoms with Crippen molar-refractivity contribution in [3.63, 3.8) is 0 Å². The Morgan fingerprint density at radius 1 is 0.774 bits per heavy atom. The predicted molar refractivity (Wildman–Crippen MR) is 129 cm³/mol. The van der Waals surface area contributed by atoms with Crippen LogP contribution in [0.1, 0.15) is 78.7 Å². The second-order valence-electron chi connectivity index (χ2n) is 9.32. The first-order chi connectivity index (χ1) is 15.2. The minimum atomic E-state index is 0.665. The monoisotopic (exact) mass is 407 g/mol. The summed E-state index contributed by atoms with van der Waals surface area (Å²) in [5.41, 5.74) is 6.44. The standard InChI is InChI=1S/C30H33N/c1-23(28-5-3-2-4-6-28)21-26-15-19-30(20-16-26)29-17-13-25(14-18-29)8-7-24-9-11-27(22-31)12-10-24/h2-6,9-14,17-18,23,26,30H,7-8,15-16,19-21H2,1H3. The lowest BCUT2D eigenvalue weighted by Crippen LogP contribution is -2.15. The van der Waals surface area contributed by atoms with Gasteiger partial charge in [-0.05, 0) is 97.1 Å². The van der Waals surface area contributed by atoms with Gasteiger partial charge in [0.05, 0.1) is 11.6 Å². The van der Waals surface area contributed by atoms with Crippen LogP contribution < -0.4 is 0 Å². The van der Waals surface area contributed by atoms with Gasteiger partial charge in [0.1, 0.15) is 0 Å². The molecule has 0 radical (unpaired) electrons. The lowest BCUT2D eigenvalue weighted by Gasteiger charge is -2.30. The molecule has 3 aromatic carbocycles. The van der Waals surface area contributed by atoms with Gasteiger partial charge in [-0.25, -0.2) is 0 Å². The van der Waals surface area contributed by atoms with Gasteiger partial charge in [0.2, 0.25) is 0 Å². The zero-order valence-electron chi connectivity index (χ0n) is 18.6. The van der Waals surface area contributed by atoms with Gasteiger partial charge in [-0.15, -0.1) is 0 Å². The topological polar surface area (TPSA) is 23.8 Å². The van der Waals surface area contributed by atoms with Crippen LogP contribution in [0.25, 0.3) is 0 Å². The average molecular weight is 408 g/mol. The molecule has 0 amide bonds. The summed E-state index contributed by atoms with van der Waals surface area (Å²) in [6.07, 6.45) is 8.79. The van der Waals surface area contributed by atoms with Gasteiger partial charge in [-0.2, -0.15) is 5.26 Å². The van der Waals surface area contributed by atoms with Gasteiger partial charge in [0.25, 0.3) is 0 Å². The molecule has 1 saturated carbocycles. The highest BCUT2D eigenvalue weighted by molar-refractivity contribution is 5.32. The minimum absolute atomic E-state index is 0.665. The van der Waals surface area contributed by atoms with Crippen molar-refractivity contribution in [3.05, 3.63) is 107 Å². The molecular weight excluding hydrogens is 374 g/mol. The lowest BCUT2D eigenvalue weighted by atomic mass is 9.75. The molecule has 0 heterocycles. The van der Waals surface area contributed by atoms with E-state index in [1.165, 1.54) is 54.4 Å². The van der Waals surface area contributed by atoms with E-state index < -0.39 is 0 Å². The quantitative estimate of drug-likeness (QED) is 0.392. The summed E-state index contributed by atoms with van der Waals surface area (Å²) >= 11 is 0. The van der Waals surface area contributed by atoms with Crippen LogP contribution in [0.15, 0.2) is 78.9 Å². The Morgan fingerprint density at radius 2 is 1.35 bits per heavy atom. The van der Waals surface area contributed by atoms with E-state index in [2.05, 4.69) is 79.7 Å². The highest BCUT2D eigenvalue weighted by atomic mass is 14.3.